The molecule has 0 amide bonds. The third-order valence-electron chi connectivity index (χ3n) is 8.73. The van der Waals surface area contributed by atoms with Crippen LogP contribution in [0, 0.1) is 27.7 Å². The zero-order valence-electron chi connectivity index (χ0n) is 26.7. The molecule has 0 saturated carbocycles. The van der Waals surface area contributed by atoms with Gasteiger partial charge in [0.15, 0.2) is 0 Å². The number of benzene rings is 2. The smallest absolute Gasteiger partial charge is 0.336 e. The van der Waals surface area contributed by atoms with Crippen molar-refractivity contribution < 1.29 is 28.7 Å². The van der Waals surface area contributed by atoms with Crippen LogP contribution in [0.25, 0.3) is 0 Å². The first kappa shape index (κ1) is 39.5. The number of nitrogens with zero attached hydrogens (tertiary/aromatic N) is 1. The highest BCUT2D eigenvalue weighted by molar-refractivity contribution is 5.95. The standard InChI is InChI=1S/C17H22N2O2.C16H21NO3.CH2O.CH4.ClH/c1-10-6-12-4-5-19-9-14(17(20)21-3)15(18)8-16(19)13(12)7-11(10)2;1-10-6-12-4-5-17-15(14(12)7-11(10)2)8-13(18)9-16(19)20-3;1-2;;/h6-7,16H,4-5,8-9,18H2,1-3H3;6-7,15,17H,4-5,8-9H2,1-3H3;1H2;1H4;1H. The lowest BCUT2D eigenvalue weighted by molar-refractivity contribution is -0.143. The summed E-state index contributed by atoms with van der Waals surface area (Å²) in [6.45, 7) is 12.9. The Kier molecular flexibility index (Phi) is 15.6. The molecule has 9 nitrogen and oxygen atoms in total. The fourth-order valence-electron chi connectivity index (χ4n) is 6.07. The molecule has 3 aliphatic heterocycles. The number of hydrogen-bond acceptors (Lipinski definition) is 9. The molecule has 3 N–H and O–H groups in total. The molecule has 2 unspecified atom stereocenters. The molecule has 0 saturated heterocycles. The molecule has 0 radical (unpaired) electrons. The van der Waals surface area contributed by atoms with Gasteiger partial charge in [0, 0.05) is 43.7 Å². The van der Waals surface area contributed by atoms with E-state index in [9.17, 15) is 14.4 Å². The average Bonchev–Trinajstić information content (AvgIpc) is 2.99. The summed E-state index contributed by atoms with van der Waals surface area (Å²) < 4.78 is 9.37. The molecule has 0 aromatic heterocycles. The Balaban J connectivity index is 0.000000410. The number of fused-ring (bicyclic) bond motifs is 4. The molecule has 0 fully saturated rings. The molecule has 0 bridgehead atoms. The molecule has 248 valence electrons. The normalized spacial score (nSPS) is 18.0. The number of nitrogens with two attached hydrogens (primary N) is 1. The van der Waals surface area contributed by atoms with E-state index in [1.165, 1.54) is 58.7 Å². The largest absolute Gasteiger partial charge is 0.469 e. The lowest BCUT2D eigenvalue weighted by atomic mass is 9.84. The number of esters is 2. The van der Waals surface area contributed by atoms with Gasteiger partial charge in [0.2, 0.25) is 0 Å². The number of methoxy groups -OCH3 is 2. The van der Waals surface area contributed by atoms with Crippen LogP contribution < -0.4 is 11.1 Å². The van der Waals surface area contributed by atoms with Crippen molar-refractivity contribution in [1.82, 2.24) is 10.2 Å². The van der Waals surface area contributed by atoms with Gasteiger partial charge in [0.05, 0.1) is 19.8 Å². The SMILES string of the molecule is C.C=O.COC(=O)C1=C(N)CC2c3cc(C)c(C)cc3CCN2C1.COC(=O)CC(=O)CC1NCCc2cc(C)c(C)cc21.Cl. The van der Waals surface area contributed by atoms with Gasteiger partial charge in [-0.05, 0) is 91.6 Å². The number of halogens is 1. The summed E-state index contributed by atoms with van der Waals surface area (Å²) in [5.41, 5.74) is 17.9. The maximum atomic E-state index is 11.9. The maximum Gasteiger partial charge on any atom is 0.336 e. The van der Waals surface area contributed by atoms with Crippen LogP contribution >= 0.6 is 12.4 Å². The number of ketones is 1. The molecule has 2 aromatic carbocycles. The Labute approximate surface area is 274 Å². The van der Waals surface area contributed by atoms with Gasteiger partial charge in [-0.1, -0.05) is 31.7 Å². The van der Waals surface area contributed by atoms with Crippen LogP contribution in [0.4, 0.5) is 0 Å². The predicted molar refractivity (Wildman–Crippen MR) is 180 cm³/mol. The van der Waals surface area contributed by atoms with Crippen molar-refractivity contribution in [3.63, 3.8) is 0 Å². The van der Waals surface area contributed by atoms with Gasteiger partial charge >= 0.3 is 11.9 Å². The van der Waals surface area contributed by atoms with Crippen LogP contribution in [0.5, 0.6) is 0 Å². The second-order valence-corrected chi connectivity index (χ2v) is 11.5. The predicted octanol–water partition coefficient (Wildman–Crippen LogP) is 4.88. The van der Waals surface area contributed by atoms with Crippen LogP contribution in [0.3, 0.4) is 0 Å². The van der Waals surface area contributed by atoms with Crippen molar-refractivity contribution in [2.45, 2.75) is 79.3 Å². The third kappa shape index (κ3) is 9.48. The molecule has 10 heteroatoms. The number of rotatable bonds is 5. The Morgan fingerprint density at radius 1 is 0.911 bits per heavy atom. The van der Waals surface area contributed by atoms with Crippen LogP contribution in [0.2, 0.25) is 0 Å². The van der Waals surface area contributed by atoms with E-state index in [0.29, 0.717) is 36.7 Å². The highest BCUT2D eigenvalue weighted by atomic mass is 35.5. The molecule has 2 atom stereocenters. The molecule has 3 heterocycles. The van der Waals surface area contributed by atoms with E-state index in [-0.39, 0.29) is 44.0 Å². The van der Waals surface area contributed by atoms with Gasteiger partial charge in [-0.15, -0.1) is 12.4 Å². The number of hydrogen-bond donors (Lipinski definition) is 2. The lowest BCUT2D eigenvalue weighted by Crippen LogP contribution is -2.42. The van der Waals surface area contributed by atoms with Crippen molar-refractivity contribution in [3.8, 4) is 0 Å². The van der Waals surface area contributed by atoms with Gasteiger partial charge in [0.1, 0.15) is 19.0 Å². The number of Topliss-reactive ketones (excluding diaryl/α,β-unsaturated/α-hetero) is 1. The van der Waals surface area contributed by atoms with Gasteiger partial charge in [-0.2, -0.15) is 0 Å². The highest BCUT2D eigenvalue weighted by Gasteiger charge is 2.35. The van der Waals surface area contributed by atoms with E-state index in [0.717, 1.165) is 25.9 Å². The van der Waals surface area contributed by atoms with E-state index in [4.69, 9.17) is 15.3 Å². The number of carbonyl (C=O) groups excluding carboxylic acids is 4. The molecule has 45 heavy (non-hydrogen) atoms. The van der Waals surface area contributed by atoms with Gasteiger partial charge in [-0.25, -0.2) is 4.79 Å². The molecule has 0 aliphatic carbocycles. The number of carbonyl (C=O) groups is 4. The Morgan fingerprint density at radius 2 is 1.47 bits per heavy atom. The summed E-state index contributed by atoms with van der Waals surface area (Å²) in [6, 6.07) is 9.27. The fraction of sp³-hybridized carbons (Fsp3) is 0.486. The van der Waals surface area contributed by atoms with Crippen LogP contribution in [-0.2, 0) is 41.5 Å². The summed E-state index contributed by atoms with van der Waals surface area (Å²) in [4.78, 5) is 45.2. The summed E-state index contributed by atoms with van der Waals surface area (Å²) in [6.07, 6.45) is 2.92. The number of ether oxygens (including phenoxy) is 2. The first-order chi connectivity index (χ1) is 20.5. The molecule has 0 spiro atoms. The summed E-state index contributed by atoms with van der Waals surface area (Å²) in [5, 5.41) is 3.37. The fourth-order valence-corrected chi connectivity index (χ4v) is 6.07. The monoisotopic (exact) mass is 643 g/mol. The summed E-state index contributed by atoms with van der Waals surface area (Å²) in [7, 11) is 2.71. The minimum Gasteiger partial charge on any atom is -0.469 e. The molecular formula is C35H50ClN3O6. The average molecular weight is 644 g/mol. The van der Waals surface area contributed by atoms with Crippen molar-refractivity contribution in [2.24, 2.45) is 5.73 Å². The van der Waals surface area contributed by atoms with Crippen LogP contribution in [0.1, 0.15) is 83.3 Å². The molecular weight excluding hydrogens is 594 g/mol. The van der Waals surface area contributed by atoms with Crippen molar-refractivity contribution >= 4 is 36.9 Å². The highest BCUT2D eigenvalue weighted by Crippen LogP contribution is 2.38. The maximum absolute atomic E-state index is 11.9. The van der Waals surface area contributed by atoms with E-state index in [1.807, 2.05) is 6.79 Å². The van der Waals surface area contributed by atoms with Gasteiger partial charge in [-0.3, -0.25) is 14.5 Å². The first-order valence-electron chi connectivity index (χ1n) is 14.6. The molecule has 3 aliphatic rings. The van der Waals surface area contributed by atoms with E-state index in [1.54, 1.807) is 0 Å². The summed E-state index contributed by atoms with van der Waals surface area (Å²) >= 11 is 0. The minimum atomic E-state index is -0.467. The van der Waals surface area contributed by atoms with E-state index < -0.39 is 5.97 Å². The molecule has 2 aromatic rings. The minimum absolute atomic E-state index is 0. The van der Waals surface area contributed by atoms with Gasteiger partial charge < -0.3 is 25.3 Å². The second-order valence-electron chi connectivity index (χ2n) is 11.5. The Hall–Kier alpha value is -3.53. The van der Waals surface area contributed by atoms with Gasteiger partial charge in [0.25, 0.3) is 0 Å². The van der Waals surface area contributed by atoms with Crippen molar-refractivity contribution in [1.29, 1.82) is 0 Å². The number of aryl methyl sites for hydroxylation is 4. The first-order valence-corrected chi connectivity index (χ1v) is 14.6. The lowest BCUT2D eigenvalue weighted by Gasteiger charge is -2.41. The molecule has 5 rings (SSSR count). The third-order valence-corrected chi connectivity index (χ3v) is 8.73. The van der Waals surface area contributed by atoms with E-state index >= 15 is 0 Å². The van der Waals surface area contributed by atoms with Crippen molar-refractivity contribution in [3.05, 3.63) is 80.0 Å². The topological polar surface area (TPSA) is 128 Å². The Morgan fingerprint density at radius 3 is 2.04 bits per heavy atom. The van der Waals surface area contributed by atoms with Crippen LogP contribution in [0.15, 0.2) is 35.5 Å². The second kappa shape index (κ2) is 17.8. The Bertz CT molecular complexity index is 1410. The van der Waals surface area contributed by atoms with Crippen LogP contribution in [-0.4, -0.2) is 63.3 Å². The van der Waals surface area contributed by atoms with Crippen molar-refractivity contribution in [2.75, 3.05) is 33.9 Å². The quantitative estimate of drug-likeness (QED) is 0.346. The zero-order valence-corrected chi connectivity index (χ0v) is 27.5. The van der Waals surface area contributed by atoms with E-state index in [2.05, 4.69) is 66.9 Å². The number of nitrogens with one attached hydrogen (secondary N) is 1. The zero-order chi connectivity index (χ0) is 31.8. The summed E-state index contributed by atoms with van der Waals surface area (Å²) in [5.74, 6) is -0.844.